The van der Waals surface area contributed by atoms with Crippen molar-refractivity contribution in [3.05, 3.63) is 29.4 Å². The summed E-state index contributed by atoms with van der Waals surface area (Å²) in [7, 11) is 0. The number of likely N-dealkylation sites (tertiary alicyclic amines) is 1. The molecular formula is C20H30N4O2. The molecule has 1 N–H and O–H groups in total. The van der Waals surface area contributed by atoms with Crippen LogP contribution in [0.5, 0.6) is 0 Å². The number of amides is 1. The molecule has 0 aliphatic carbocycles. The molecule has 0 radical (unpaired) electrons. The van der Waals surface area contributed by atoms with E-state index in [1.54, 1.807) is 0 Å². The van der Waals surface area contributed by atoms with Gasteiger partial charge in [0.15, 0.2) is 0 Å². The summed E-state index contributed by atoms with van der Waals surface area (Å²) < 4.78 is 5.41. The van der Waals surface area contributed by atoms with E-state index in [1.807, 2.05) is 6.33 Å². The molecule has 6 heteroatoms. The molecule has 2 saturated heterocycles. The predicted molar refractivity (Wildman–Crippen MR) is 99.7 cm³/mol. The minimum atomic E-state index is -0.0392. The van der Waals surface area contributed by atoms with Crippen LogP contribution in [0, 0.1) is 5.92 Å². The standard InChI is InChI=1S/C20H30N4O2/c1-15(2)3-8-24-9-4-17-18(22-14-21-17)20(24)6-10-23(11-7-20)19(25)16-5-12-26-13-16/h3,14,16H,4-13H2,1-2H3,(H,21,22)/t16-/m1/s1. The number of hydrogen-bond donors (Lipinski definition) is 1. The van der Waals surface area contributed by atoms with Gasteiger partial charge in [-0.05, 0) is 33.1 Å². The van der Waals surface area contributed by atoms with Gasteiger partial charge in [0.25, 0.3) is 0 Å². The van der Waals surface area contributed by atoms with Gasteiger partial charge in [0.1, 0.15) is 0 Å². The molecule has 6 nitrogen and oxygen atoms in total. The van der Waals surface area contributed by atoms with Gasteiger partial charge in [-0.2, -0.15) is 0 Å². The SMILES string of the molecule is CC(C)=CCN1CCc2[nH]cnc2C12CCN(C(=O)[C@@H]1CCOC1)CC2. The number of nitrogens with one attached hydrogen (secondary N) is 1. The molecule has 1 aromatic rings. The molecule has 1 aromatic heterocycles. The fourth-order valence-electron chi connectivity index (χ4n) is 4.72. The van der Waals surface area contributed by atoms with Gasteiger partial charge in [0.05, 0.1) is 30.1 Å². The maximum Gasteiger partial charge on any atom is 0.228 e. The third-order valence-corrected chi connectivity index (χ3v) is 6.30. The van der Waals surface area contributed by atoms with Crippen LogP contribution in [0.25, 0.3) is 0 Å². The summed E-state index contributed by atoms with van der Waals surface area (Å²) in [5, 5.41) is 0. The average Bonchev–Trinajstić information content (AvgIpc) is 3.33. The van der Waals surface area contributed by atoms with Gasteiger partial charge < -0.3 is 14.6 Å². The van der Waals surface area contributed by atoms with E-state index in [9.17, 15) is 4.79 Å². The molecule has 0 bridgehead atoms. The van der Waals surface area contributed by atoms with Gasteiger partial charge in [-0.3, -0.25) is 9.69 Å². The van der Waals surface area contributed by atoms with Crippen molar-refractivity contribution in [3.8, 4) is 0 Å². The highest BCUT2D eigenvalue weighted by molar-refractivity contribution is 5.79. The zero-order chi connectivity index (χ0) is 18.1. The lowest BCUT2D eigenvalue weighted by atomic mass is 9.78. The largest absolute Gasteiger partial charge is 0.381 e. The predicted octanol–water partition coefficient (Wildman–Crippen LogP) is 2.09. The molecule has 0 aromatic carbocycles. The Labute approximate surface area is 155 Å². The van der Waals surface area contributed by atoms with E-state index >= 15 is 0 Å². The van der Waals surface area contributed by atoms with Crippen LogP contribution in [0.1, 0.15) is 44.5 Å². The normalized spacial score (nSPS) is 25.3. The van der Waals surface area contributed by atoms with Crippen LogP contribution in [0.4, 0.5) is 0 Å². The zero-order valence-corrected chi connectivity index (χ0v) is 16.0. The molecule has 1 amide bonds. The van der Waals surface area contributed by atoms with Crippen LogP contribution in [0.15, 0.2) is 18.0 Å². The van der Waals surface area contributed by atoms with E-state index in [-0.39, 0.29) is 17.4 Å². The van der Waals surface area contributed by atoms with E-state index in [2.05, 4.69) is 34.7 Å². The van der Waals surface area contributed by atoms with E-state index in [0.29, 0.717) is 6.61 Å². The second-order valence-corrected chi connectivity index (χ2v) is 8.12. The van der Waals surface area contributed by atoms with Gasteiger partial charge in [0.2, 0.25) is 5.91 Å². The topological polar surface area (TPSA) is 61.5 Å². The Morgan fingerprint density at radius 2 is 2.19 bits per heavy atom. The monoisotopic (exact) mass is 358 g/mol. The summed E-state index contributed by atoms with van der Waals surface area (Å²) in [6.07, 6.45) is 7.96. The number of fused-ring (bicyclic) bond motifs is 2. The molecule has 4 rings (SSSR count). The van der Waals surface area contributed by atoms with Crippen LogP contribution >= 0.6 is 0 Å². The van der Waals surface area contributed by atoms with Gasteiger partial charge >= 0.3 is 0 Å². The van der Waals surface area contributed by atoms with Crippen molar-refractivity contribution >= 4 is 5.91 Å². The molecule has 1 atom stereocenters. The first-order chi connectivity index (χ1) is 12.6. The van der Waals surface area contributed by atoms with Gasteiger partial charge in [-0.1, -0.05) is 11.6 Å². The maximum absolute atomic E-state index is 12.8. The second-order valence-electron chi connectivity index (χ2n) is 8.12. The van der Waals surface area contributed by atoms with E-state index in [1.165, 1.54) is 17.0 Å². The molecule has 3 aliphatic heterocycles. The maximum atomic E-state index is 12.8. The Kier molecular flexibility index (Phi) is 4.88. The molecule has 1 spiro atoms. The first-order valence-corrected chi connectivity index (χ1v) is 9.88. The summed E-state index contributed by atoms with van der Waals surface area (Å²) in [5.41, 5.74) is 3.80. The van der Waals surface area contributed by atoms with Crippen molar-refractivity contribution in [1.29, 1.82) is 0 Å². The van der Waals surface area contributed by atoms with Crippen molar-refractivity contribution in [1.82, 2.24) is 19.8 Å². The van der Waals surface area contributed by atoms with E-state index in [4.69, 9.17) is 9.72 Å². The second kappa shape index (κ2) is 7.16. The molecule has 26 heavy (non-hydrogen) atoms. The van der Waals surface area contributed by atoms with Gasteiger partial charge in [0, 0.05) is 44.9 Å². The van der Waals surface area contributed by atoms with Gasteiger partial charge in [-0.15, -0.1) is 0 Å². The highest BCUT2D eigenvalue weighted by atomic mass is 16.5. The number of carbonyl (C=O) groups is 1. The number of ether oxygens (including phenoxy) is 1. The molecule has 2 fully saturated rings. The molecular weight excluding hydrogens is 328 g/mol. The van der Waals surface area contributed by atoms with Crippen molar-refractivity contribution < 1.29 is 9.53 Å². The third kappa shape index (κ3) is 3.09. The number of imidazole rings is 1. The van der Waals surface area contributed by atoms with Crippen LogP contribution in [0.3, 0.4) is 0 Å². The molecule has 0 saturated carbocycles. The van der Waals surface area contributed by atoms with E-state index < -0.39 is 0 Å². The van der Waals surface area contributed by atoms with Crippen LogP contribution in [-0.2, 0) is 21.5 Å². The van der Waals surface area contributed by atoms with Crippen molar-refractivity contribution in [2.24, 2.45) is 5.92 Å². The Morgan fingerprint density at radius 3 is 2.88 bits per heavy atom. The van der Waals surface area contributed by atoms with Crippen molar-refractivity contribution in [3.63, 3.8) is 0 Å². The summed E-state index contributed by atoms with van der Waals surface area (Å²) in [6.45, 7) is 9.25. The summed E-state index contributed by atoms with van der Waals surface area (Å²) in [4.78, 5) is 25.5. The van der Waals surface area contributed by atoms with E-state index in [0.717, 1.165) is 58.5 Å². The minimum Gasteiger partial charge on any atom is -0.381 e. The average molecular weight is 358 g/mol. The molecule has 142 valence electrons. The van der Waals surface area contributed by atoms with Crippen LogP contribution in [0.2, 0.25) is 0 Å². The van der Waals surface area contributed by atoms with Crippen molar-refractivity contribution in [2.75, 3.05) is 39.4 Å². The summed E-state index contributed by atoms with van der Waals surface area (Å²) in [5.74, 6) is 0.351. The fourth-order valence-corrected chi connectivity index (χ4v) is 4.72. The Balaban J connectivity index is 1.53. The fraction of sp³-hybridized carbons (Fsp3) is 0.700. The summed E-state index contributed by atoms with van der Waals surface area (Å²) in [6, 6.07) is 0. The number of carbonyl (C=O) groups excluding carboxylic acids is 1. The summed E-state index contributed by atoms with van der Waals surface area (Å²) >= 11 is 0. The number of aromatic amines is 1. The highest BCUT2D eigenvalue weighted by Crippen LogP contribution is 2.42. The minimum absolute atomic E-state index is 0.0392. The lowest BCUT2D eigenvalue weighted by Gasteiger charge is -2.50. The van der Waals surface area contributed by atoms with Gasteiger partial charge in [-0.25, -0.2) is 4.98 Å². The number of nitrogens with zero attached hydrogens (tertiary/aromatic N) is 3. The number of aromatic nitrogens is 2. The number of rotatable bonds is 3. The Hall–Kier alpha value is -1.66. The van der Waals surface area contributed by atoms with Crippen LogP contribution < -0.4 is 0 Å². The lowest BCUT2D eigenvalue weighted by Crippen LogP contribution is -2.57. The number of H-pyrrole nitrogens is 1. The van der Waals surface area contributed by atoms with Crippen molar-refractivity contribution in [2.45, 2.75) is 45.1 Å². The first kappa shape index (κ1) is 17.7. The molecule has 4 heterocycles. The quantitative estimate of drug-likeness (QED) is 0.841. The highest BCUT2D eigenvalue weighted by Gasteiger charge is 2.47. The third-order valence-electron chi connectivity index (χ3n) is 6.30. The Morgan fingerprint density at radius 1 is 1.38 bits per heavy atom. The lowest BCUT2D eigenvalue weighted by molar-refractivity contribution is -0.138. The molecule has 0 unspecified atom stereocenters. The van der Waals surface area contributed by atoms with Crippen LogP contribution in [-0.4, -0.2) is 65.1 Å². The zero-order valence-electron chi connectivity index (χ0n) is 16.0. The number of piperidine rings is 1. The number of hydrogen-bond acceptors (Lipinski definition) is 4. The molecule has 3 aliphatic rings. The first-order valence-electron chi connectivity index (χ1n) is 9.88. The number of allylic oxidation sites excluding steroid dienone is 1. The smallest absolute Gasteiger partial charge is 0.228 e. The Bertz CT molecular complexity index is 678.